The van der Waals surface area contributed by atoms with Crippen molar-refractivity contribution in [1.29, 1.82) is 5.26 Å². The van der Waals surface area contributed by atoms with Crippen molar-refractivity contribution in [2.75, 3.05) is 17.7 Å². The van der Waals surface area contributed by atoms with E-state index in [1.807, 2.05) is 66.9 Å². The maximum Gasteiger partial charge on any atom is 0.211 e. The molecule has 0 saturated carbocycles. The summed E-state index contributed by atoms with van der Waals surface area (Å²) >= 11 is 0. The monoisotopic (exact) mass is 536 g/mol. The highest BCUT2D eigenvalue weighted by Crippen LogP contribution is 2.32. The number of hydrogen-bond donors (Lipinski definition) is 0. The van der Waals surface area contributed by atoms with Crippen LogP contribution >= 0.6 is 0 Å². The second-order valence-electron chi connectivity index (χ2n) is 9.78. The average molecular weight is 537 g/mol. The van der Waals surface area contributed by atoms with Crippen molar-refractivity contribution >= 4 is 21.4 Å². The number of nitrogens with zero attached hydrogens (tertiary/aromatic N) is 6. The fourth-order valence-corrected chi connectivity index (χ4v) is 6.17. The van der Waals surface area contributed by atoms with Crippen molar-refractivity contribution in [3.63, 3.8) is 0 Å². The third kappa shape index (κ3) is 6.01. The molecule has 3 aromatic carbocycles. The molecule has 0 fully saturated rings. The molecule has 0 amide bonds. The van der Waals surface area contributed by atoms with Gasteiger partial charge in [-0.2, -0.15) is 9.57 Å². The number of fused-ring (bicyclic) bond motifs is 1. The lowest BCUT2D eigenvalue weighted by Crippen LogP contribution is -2.45. The van der Waals surface area contributed by atoms with Crippen molar-refractivity contribution in [1.82, 2.24) is 13.9 Å². The first-order valence-electron chi connectivity index (χ1n) is 12.6. The Hall–Kier alpha value is -4.44. The van der Waals surface area contributed by atoms with Gasteiger partial charge in [-0.3, -0.25) is 0 Å². The molecule has 1 atom stereocenters. The molecule has 1 aliphatic heterocycles. The van der Waals surface area contributed by atoms with Crippen molar-refractivity contribution < 1.29 is 8.42 Å². The summed E-state index contributed by atoms with van der Waals surface area (Å²) in [4.78, 5) is 10.1. The second kappa shape index (κ2) is 11.1. The molecule has 0 saturated heterocycles. The Kier molecular flexibility index (Phi) is 7.47. The molecule has 1 aliphatic rings. The third-order valence-corrected chi connectivity index (χ3v) is 8.30. The van der Waals surface area contributed by atoms with Crippen LogP contribution in [0.25, 0.3) is 4.85 Å². The fraction of sp³-hybridized carbons (Fsp3) is 0.233. The molecule has 0 unspecified atom stereocenters. The highest BCUT2D eigenvalue weighted by atomic mass is 32.2. The molecule has 0 spiro atoms. The Morgan fingerprint density at radius 1 is 1.05 bits per heavy atom. The van der Waals surface area contributed by atoms with Crippen molar-refractivity contribution in [3.8, 4) is 6.07 Å². The molecule has 0 N–H and O–H groups in total. The largest absolute Gasteiger partial charge is 0.364 e. The summed E-state index contributed by atoms with van der Waals surface area (Å²) in [6.45, 7) is 8.97. The van der Waals surface area contributed by atoms with E-state index in [2.05, 4.69) is 25.4 Å². The van der Waals surface area contributed by atoms with Crippen LogP contribution in [-0.4, -0.2) is 41.1 Å². The van der Waals surface area contributed by atoms with Gasteiger partial charge in [0, 0.05) is 37.6 Å². The minimum absolute atomic E-state index is 0.199. The van der Waals surface area contributed by atoms with Gasteiger partial charge in [0.05, 0.1) is 43.0 Å². The van der Waals surface area contributed by atoms with Crippen molar-refractivity contribution in [2.24, 2.45) is 0 Å². The van der Waals surface area contributed by atoms with Gasteiger partial charge in [-0.05, 0) is 41.3 Å². The lowest BCUT2D eigenvalue weighted by Gasteiger charge is -2.31. The molecule has 5 rings (SSSR count). The van der Waals surface area contributed by atoms with E-state index in [-0.39, 0.29) is 12.6 Å². The van der Waals surface area contributed by atoms with Gasteiger partial charge in [0.15, 0.2) is 5.69 Å². The fourth-order valence-electron chi connectivity index (χ4n) is 5.11. The summed E-state index contributed by atoms with van der Waals surface area (Å²) in [5.74, 6) is 0. The van der Waals surface area contributed by atoms with Crippen LogP contribution in [0.1, 0.15) is 27.9 Å². The molecule has 196 valence electrons. The number of nitriles is 1. The number of anilines is 1. The minimum atomic E-state index is -3.54. The molecule has 0 radical (unpaired) electrons. The zero-order valence-corrected chi connectivity index (χ0v) is 22.4. The molecule has 9 heteroatoms. The molecule has 0 aliphatic carbocycles. The van der Waals surface area contributed by atoms with Crippen molar-refractivity contribution in [2.45, 2.75) is 32.1 Å². The maximum absolute atomic E-state index is 13.0. The van der Waals surface area contributed by atoms with E-state index < -0.39 is 10.0 Å². The third-order valence-electron chi connectivity index (χ3n) is 7.02. The standard InChI is InChI=1S/C30H28N6O2S/c1-32-27-11-8-24(9-12-27)18-35-22-33-17-29(35)21-34-20-28(15-23-6-4-3-5-7-23)36(39(2,37)38)19-26-14-25(16-31)10-13-30(26)34/h3-14,17,22,28H,15,18-21H2,2H3/t28-/m1/s1. The minimum Gasteiger partial charge on any atom is -0.364 e. The van der Waals surface area contributed by atoms with E-state index in [4.69, 9.17) is 6.57 Å². The first-order chi connectivity index (χ1) is 18.8. The van der Waals surface area contributed by atoms with Crippen molar-refractivity contribution in [3.05, 3.63) is 125 Å². The summed E-state index contributed by atoms with van der Waals surface area (Å²) < 4.78 is 29.7. The van der Waals surface area contributed by atoms with E-state index in [0.29, 0.717) is 37.3 Å². The van der Waals surface area contributed by atoms with Gasteiger partial charge >= 0.3 is 0 Å². The lowest BCUT2D eigenvalue weighted by atomic mass is 10.1. The average Bonchev–Trinajstić information content (AvgIpc) is 3.30. The number of aromatic nitrogens is 2. The Morgan fingerprint density at radius 2 is 1.82 bits per heavy atom. The SMILES string of the molecule is [C-]#[N+]c1ccc(Cn2cncc2CN2C[C@@H](Cc3ccccc3)N(S(C)(=O)=O)Cc3cc(C#N)ccc32)cc1. The van der Waals surface area contributed by atoms with Gasteiger partial charge in [-0.15, -0.1) is 0 Å². The van der Waals surface area contributed by atoms with Gasteiger partial charge in [0.1, 0.15) is 0 Å². The topological polar surface area (TPSA) is 86.6 Å². The smallest absolute Gasteiger partial charge is 0.211 e. The van der Waals surface area contributed by atoms with Gasteiger partial charge in [0.25, 0.3) is 0 Å². The Morgan fingerprint density at radius 3 is 2.51 bits per heavy atom. The zero-order valence-electron chi connectivity index (χ0n) is 21.6. The van der Waals surface area contributed by atoms with Crippen LogP contribution in [0, 0.1) is 17.9 Å². The van der Waals surface area contributed by atoms with Gasteiger partial charge in [-0.1, -0.05) is 54.6 Å². The highest BCUT2D eigenvalue weighted by Gasteiger charge is 2.33. The number of imidazole rings is 1. The van der Waals surface area contributed by atoms with Crippen LogP contribution in [0.5, 0.6) is 0 Å². The van der Waals surface area contributed by atoms with E-state index in [0.717, 1.165) is 28.1 Å². The van der Waals surface area contributed by atoms with Crippen LogP contribution in [0.4, 0.5) is 11.4 Å². The molecule has 0 bridgehead atoms. The number of sulfonamides is 1. The zero-order chi connectivity index (χ0) is 27.4. The Balaban J connectivity index is 1.51. The second-order valence-corrected chi connectivity index (χ2v) is 11.7. The van der Waals surface area contributed by atoms with Crippen LogP contribution in [0.15, 0.2) is 85.3 Å². The van der Waals surface area contributed by atoms with E-state index >= 15 is 0 Å². The summed E-state index contributed by atoms with van der Waals surface area (Å²) in [6, 6.07) is 24.8. The number of benzene rings is 3. The van der Waals surface area contributed by atoms with Gasteiger partial charge in [-0.25, -0.2) is 18.2 Å². The van der Waals surface area contributed by atoms with E-state index in [9.17, 15) is 13.7 Å². The quantitative estimate of drug-likeness (QED) is 0.318. The predicted octanol–water partition coefficient (Wildman–Crippen LogP) is 4.75. The first-order valence-corrected chi connectivity index (χ1v) is 14.4. The van der Waals surface area contributed by atoms with E-state index in [1.54, 1.807) is 22.8 Å². The molecular formula is C30H28N6O2S. The van der Waals surface area contributed by atoms with Crippen LogP contribution in [-0.2, 0) is 36.1 Å². The summed E-state index contributed by atoms with van der Waals surface area (Å²) in [5.41, 5.74) is 5.91. The normalized spacial score (nSPS) is 15.7. The number of rotatable bonds is 7. The molecular weight excluding hydrogens is 508 g/mol. The summed E-state index contributed by atoms with van der Waals surface area (Å²) in [5, 5.41) is 9.54. The first kappa shape index (κ1) is 26.2. The van der Waals surface area contributed by atoms with Crippen LogP contribution in [0.3, 0.4) is 0 Å². The van der Waals surface area contributed by atoms with E-state index in [1.165, 1.54) is 6.26 Å². The molecule has 39 heavy (non-hydrogen) atoms. The van der Waals surface area contributed by atoms with Crippen LogP contribution in [0.2, 0.25) is 0 Å². The summed E-state index contributed by atoms with van der Waals surface area (Å²) in [6.07, 6.45) is 5.45. The predicted molar refractivity (Wildman–Crippen MR) is 151 cm³/mol. The Bertz CT molecular complexity index is 1650. The molecule has 2 heterocycles. The van der Waals surface area contributed by atoms with Gasteiger partial charge < -0.3 is 9.47 Å². The number of hydrogen-bond acceptors (Lipinski definition) is 5. The lowest BCUT2D eigenvalue weighted by molar-refractivity contribution is 0.320. The molecule has 4 aromatic rings. The summed E-state index contributed by atoms with van der Waals surface area (Å²) in [7, 11) is -3.54. The van der Waals surface area contributed by atoms with Crippen LogP contribution < -0.4 is 4.90 Å². The van der Waals surface area contributed by atoms with Gasteiger partial charge in [0.2, 0.25) is 10.0 Å². The Labute approximate surface area is 229 Å². The molecule has 1 aromatic heterocycles. The molecule has 8 nitrogen and oxygen atoms in total. The maximum atomic E-state index is 13.0. The highest BCUT2D eigenvalue weighted by molar-refractivity contribution is 7.88.